The van der Waals surface area contributed by atoms with E-state index in [2.05, 4.69) is 38.3 Å². The van der Waals surface area contributed by atoms with Crippen LogP contribution in [0.25, 0.3) is 0 Å². The Hall–Kier alpha value is -0.810. The summed E-state index contributed by atoms with van der Waals surface area (Å²) in [6, 6.07) is 0.121. The molecule has 0 unspecified atom stereocenters. The van der Waals surface area contributed by atoms with E-state index in [0.29, 0.717) is 24.5 Å². The quantitative estimate of drug-likeness (QED) is 0.790. The number of rotatable bonds is 6. The van der Waals surface area contributed by atoms with Gasteiger partial charge in [0.2, 0.25) is 0 Å². The molecule has 0 aromatic rings. The van der Waals surface area contributed by atoms with Gasteiger partial charge < -0.3 is 20.1 Å². The SMILES string of the molecule is CC(C)COC[C@H](C)NC(=O)N[C@@H]1[C@@H]2CCO[C@@H]2C1(C)C. The number of hydrogen-bond donors (Lipinski definition) is 2. The molecule has 5 nitrogen and oxygen atoms in total. The average molecular weight is 298 g/mol. The Kier molecular flexibility index (Phi) is 5.15. The number of ether oxygens (including phenoxy) is 2. The minimum atomic E-state index is -0.0981. The van der Waals surface area contributed by atoms with Crippen molar-refractivity contribution in [3.8, 4) is 0 Å². The fourth-order valence-corrected chi connectivity index (χ4v) is 3.55. The molecule has 0 aromatic heterocycles. The Bertz CT molecular complexity index is 371. The van der Waals surface area contributed by atoms with Crippen molar-refractivity contribution in [3.05, 3.63) is 0 Å². The molecule has 2 N–H and O–H groups in total. The Labute approximate surface area is 128 Å². The van der Waals surface area contributed by atoms with Gasteiger partial charge in [0.15, 0.2) is 0 Å². The van der Waals surface area contributed by atoms with Crippen LogP contribution in [0.2, 0.25) is 0 Å². The zero-order chi connectivity index (χ0) is 15.6. The van der Waals surface area contributed by atoms with Crippen LogP contribution in [0.1, 0.15) is 41.0 Å². The molecule has 0 aromatic carbocycles. The number of carbonyl (C=O) groups is 1. The van der Waals surface area contributed by atoms with Gasteiger partial charge in [0.1, 0.15) is 0 Å². The van der Waals surface area contributed by atoms with E-state index in [1.165, 1.54) is 0 Å². The van der Waals surface area contributed by atoms with E-state index in [4.69, 9.17) is 9.47 Å². The fraction of sp³-hybridized carbons (Fsp3) is 0.938. The highest BCUT2D eigenvalue weighted by molar-refractivity contribution is 5.75. The van der Waals surface area contributed by atoms with Gasteiger partial charge in [0.25, 0.3) is 0 Å². The third-order valence-electron chi connectivity index (χ3n) is 4.58. The molecule has 2 rings (SSSR count). The van der Waals surface area contributed by atoms with E-state index < -0.39 is 0 Å². The lowest BCUT2D eigenvalue weighted by atomic mass is 9.57. The van der Waals surface area contributed by atoms with Crippen molar-refractivity contribution in [1.29, 1.82) is 0 Å². The molecule has 2 aliphatic rings. The van der Waals surface area contributed by atoms with E-state index in [-0.39, 0.29) is 23.5 Å². The molecule has 2 fully saturated rings. The highest BCUT2D eigenvalue weighted by Gasteiger charge is 2.59. The van der Waals surface area contributed by atoms with Crippen LogP contribution in [0, 0.1) is 17.3 Å². The van der Waals surface area contributed by atoms with Crippen molar-refractivity contribution < 1.29 is 14.3 Å². The minimum Gasteiger partial charge on any atom is -0.379 e. The highest BCUT2D eigenvalue weighted by Crippen LogP contribution is 2.51. The summed E-state index contributed by atoms with van der Waals surface area (Å²) in [5.41, 5.74) is 0.0237. The van der Waals surface area contributed by atoms with E-state index in [1.807, 2.05) is 6.92 Å². The summed E-state index contributed by atoms with van der Waals surface area (Å²) in [6.45, 7) is 12.6. The monoisotopic (exact) mass is 298 g/mol. The highest BCUT2D eigenvalue weighted by atomic mass is 16.5. The van der Waals surface area contributed by atoms with Crippen LogP contribution in [0.3, 0.4) is 0 Å². The van der Waals surface area contributed by atoms with E-state index in [1.54, 1.807) is 0 Å². The van der Waals surface area contributed by atoms with Crippen LogP contribution in [-0.2, 0) is 9.47 Å². The zero-order valence-corrected chi connectivity index (χ0v) is 13.9. The van der Waals surface area contributed by atoms with Crippen LogP contribution in [0.5, 0.6) is 0 Å². The van der Waals surface area contributed by atoms with Crippen molar-refractivity contribution in [2.45, 2.75) is 59.2 Å². The number of amides is 2. The Morgan fingerprint density at radius 2 is 2.05 bits per heavy atom. The first-order valence-corrected chi connectivity index (χ1v) is 8.08. The first-order chi connectivity index (χ1) is 9.82. The summed E-state index contributed by atoms with van der Waals surface area (Å²) < 4.78 is 11.3. The molecule has 2 amide bonds. The van der Waals surface area contributed by atoms with Gasteiger partial charge in [-0.1, -0.05) is 27.7 Å². The predicted molar refractivity (Wildman–Crippen MR) is 82.2 cm³/mol. The van der Waals surface area contributed by atoms with Crippen molar-refractivity contribution in [2.24, 2.45) is 17.3 Å². The van der Waals surface area contributed by atoms with Gasteiger partial charge in [-0.2, -0.15) is 0 Å². The third kappa shape index (κ3) is 3.69. The van der Waals surface area contributed by atoms with Crippen molar-refractivity contribution in [1.82, 2.24) is 10.6 Å². The van der Waals surface area contributed by atoms with Gasteiger partial charge in [-0.3, -0.25) is 0 Å². The lowest BCUT2D eigenvalue weighted by Gasteiger charge is -2.54. The van der Waals surface area contributed by atoms with Crippen molar-refractivity contribution >= 4 is 6.03 Å². The van der Waals surface area contributed by atoms with E-state index in [0.717, 1.165) is 19.6 Å². The summed E-state index contributed by atoms with van der Waals surface area (Å²) in [5.74, 6) is 0.986. The molecule has 1 aliphatic carbocycles. The second-order valence-electron chi connectivity index (χ2n) is 7.49. The molecule has 1 aliphatic heterocycles. The Balaban J connectivity index is 1.72. The number of carbonyl (C=O) groups excluding carboxylic acids is 1. The number of urea groups is 1. The first kappa shape index (κ1) is 16.6. The Morgan fingerprint density at radius 3 is 2.71 bits per heavy atom. The van der Waals surface area contributed by atoms with Gasteiger partial charge in [-0.25, -0.2) is 4.79 Å². The van der Waals surface area contributed by atoms with Crippen LogP contribution in [0.15, 0.2) is 0 Å². The maximum Gasteiger partial charge on any atom is 0.315 e. The summed E-state index contributed by atoms with van der Waals surface area (Å²) in [6.07, 6.45) is 1.35. The predicted octanol–water partition coefficient (Wildman–Crippen LogP) is 2.16. The third-order valence-corrected chi connectivity index (χ3v) is 4.58. The molecule has 5 heteroatoms. The van der Waals surface area contributed by atoms with Crippen LogP contribution in [0.4, 0.5) is 4.79 Å². The minimum absolute atomic E-state index is 0.0163. The molecule has 122 valence electrons. The number of fused-ring (bicyclic) bond motifs is 1. The normalized spacial score (nSPS) is 31.4. The van der Waals surface area contributed by atoms with E-state index >= 15 is 0 Å². The average Bonchev–Trinajstić information content (AvgIpc) is 2.82. The molecule has 1 saturated heterocycles. The lowest BCUT2D eigenvalue weighted by Crippen LogP contribution is -2.68. The molecule has 0 radical (unpaired) electrons. The molecule has 1 heterocycles. The van der Waals surface area contributed by atoms with Crippen LogP contribution < -0.4 is 10.6 Å². The first-order valence-electron chi connectivity index (χ1n) is 8.08. The Morgan fingerprint density at radius 1 is 1.33 bits per heavy atom. The number of hydrogen-bond acceptors (Lipinski definition) is 3. The van der Waals surface area contributed by atoms with Crippen molar-refractivity contribution in [2.75, 3.05) is 19.8 Å². The van der Waals surface area contributed by atoms with Gasteiger partial charge >= 0.3 is 6.03 Å². The van der Waals surface area contributed by atoms with E-state index in [9.17, 15) is 4.79 Å². The summed E-state index contributed by atoms with van der Waals surface area (Å²) in [5, 5.41) is 6.08. The summed E-state index contributed by atoms with van der Waals surface area (Å²) >= 11 is 0. The zero-order valence-electron chi connectivity index (χ0n) is 13.9. The largest absolute Gasteiger partial charge is 0.379 e. The summed E-state index contributed by atoms with van der Waals surface area (Å²) in [7, 11) is 0. The number of nitrogens with one attached hydrogen (secondary N) is 2. The second-order valence-corrected chi connectivity index (χ2v) is 7.49. The van der Waals surface area contributed by atoms with Crippen LogP contribution >= 0.6 is 0 Å². The van der Waals surface area contributed by atoms with Gasteiger partial charge in [0.05, 0.1) is 18.8 Å². The molecule has 1 saturated carbocycles. The standard InChI is InChI=1S/C16H30N2O3/c1-10(2)8-20-9-11(3)17-15(19)18-13-12-6-7-21-14(12)16(13,4)5/h10-14H,6-9H2,1-5H3,(H2,17,18,19)/t11-,12-,13+,14-/m0/s1. The smallest absolute Gasteiger partial charge is 0.315 e. The molecule has 0 spiro atoms. The topological polar surface area (TPSA) is 59.6 Å². The molecular weight excluding hydrogens is 268 g/mol. The second kappa shape index (κ2) is 6.53. The molecule has 0 bridgehead atoms. The summed E-state index contributed by atoms with van der Waals surface area (Å²) in [4.78, 5) is 12.1. The molecule has 4 atom stereocenters. The fourth-order valence-electron chi connectivity index (χ4n) is 3.55. The maximum atomic E-state index is 12.1. The molecule has 21 heavy (non-hydrogen) atoms. The van der Waals surface area contributed by atoms with Gasteiger partial charge in [0, 0.05) is 30.6 Å². The van der Waals surface area contributed by atoms with Crippen molar-refractivity contribution in [3.63, 3.8) is 0 Å². The molecular formula is C16H30N2O3. The maximum absolute atomic E-state index is 12.1. The van der Waals surface area contributed by atoms with Gasteiger partial charge in [-0.15, -0.1) is 0 Å². The van der Waals surface area contributed by atoms with Crippen LogP contribution in [-0.4, -0.2) is 44.0 Å². The van der Waals surface area contributed by atoms with Gasteiger partial charge in [-0.05, 0) is 19.3 Å². The lowest BCUT2D eigenvalue weighted by molar-refractivity contribution is -0.108.